The first kappa shape index (κ1) is 13.5. The molecular formula is C13H21N3OS. The van der Waals surface area contributed by atoms with Crippen molar-refractivity contribution in [1.82, 2.24) is 9.47 Å². The third kappa shape index (κ3) is 3.53. The third-order valence-corrected chi connectivity index (χ3v) is 4.55. The lowest BCUT2D eigenvalue weighted by Crippen LogP contribution is -2.41. The summed E-state index contributed by atoms with van der Waals surface area (Å²) in [5, 5.41) is 0. The summed E-state index contributed by atoms with van der Waals surface area (Å²) in [7, 11) is 0. The molecule has 0 aromatic carbocycles. The molecule has 2 N–H and O–H groups in total. The number of nitrogens with two attached hydrogens (primary N) is 1. The first-order valence-electron chi connectivity index (χ1n) is 6.44. The van der Waals surface area contributed by atoms with Crippen molar-refractivity contribution in [3.63, 3.8) is 0 Å². The number of aryl methyl sites for hydroxylation is 1. The summed E-state index contributed by atoms with van der Waals surface area (Å²) in [6.07, 6.45) is 2.73. The lowest BCUT2D eigenvalue weighted by Gasteiger charge is -2.32. The molecule has 1 unspecified atom stereocenters. The lowest BCUT2D eigenvalue weighted by molar-refractivity contribution is 0.225. The number of thioether (sulfide) groups is 1. The van der Waals surface area contributed by atoms with Gasteiger partial charge in [0.1, 0.15) is 0 Å². The van der Waals surface area contributed by atoms with Crippen LogP contribution in [0.3, 0.4) is 0 Å². The third-order valence-electron chi connectivity index (χ3n) is 3.36. The summed E-state index contributed by atoms with van der Waals surface area (Å²) in [5.74, 6) is 2.45. The average Bonchev–Trinajstić information content (AvgIpc) is 2.36. The van der Waals surface area contributed by atoms with Crippen LogP contribution in [0.25, 0.3) is 0 Å². The zero-order chi connectivity index (χ0) is 13.0. The Hall–Kier alpha value is -0.940. The standard InChI is InChI=1S/C13H21N3OS/c1-11-10-18-8-7-15(11)5-2-6-16-9-12(14)3-4-13(16)17/h3-4,9,11H,2,5-8,10,14H2,1H3. The molecule has 5 heteroatoms. The van der Waals surface area contributed by atoms with Gasteiger partial charge in [-0.25, -0.2) is 0 Å². The van der Waals surface area contributed by atoms with Gasteiger partial charge < -0.3 is 10.3 Å². The quantitative estimate of drug-likeness (QED) is 0.892. The predicted octanol–water partition coefficient (Wildman–Crippen LogP) is 1.26. The fourth-order valence-corrected chi connectivity index (χ4v) is 3.34. The molecule has 1 atom stereocenters. The van der Waals surface area contributed by atoms with Crippen LogP contribution in [0, 0.1) is 0 Å². The van der Waals surface area contributed by atoms with E-state index in [1.54, 1.807) is 16.8 Å². The van der Waals surface area contributed by atoms with Gasteiger partial charge in [-0.2, -0.15) is 11.8 Å². The van der Waals surface area contributed by atoms with E-state index >= 15 is 0 Å². The topological polar surface area (TPSA) is 51.3 Å². The second-order valence-corrected chi connectivity index (χ2v) is 5.96. The van der Waals surface area contributed by atoms with E-state index in [-0.39, 0.29) is 5.56 Å². The smallest absolute Gasteiger partial charge is 0.250 e. The zero-order valence-corrected chi connectivity index (χ0v) is 11.7. The summed E-state index contributed by atoms with van der Waals surface area (Å²) in [6, 6.07) is 3.85. The molecule has 0 radical (unpaired) electrons. The fraction of sp³-hybridized carbons (Fsp3) is 0.615. The van der Waals surface area contributed by atoms with E-state index in [0.29, 0.717) is 11.7 Å². The van der Waals surface area contributed by atoms with Gasteiger partial charge in [0, 0.05) is 55.1 Å². The van der Waals surface area contributed by atoms with Gasteiger partial charge >= 0.3 is 0 Å². The summed E-state index contributed by atoms with van der Waals surface area (Å²) in [5.41, 5.74) is 6.38. The van der Waals surface area contributed by atoms with Crippen molar-refractivity contribution in [2.75, 3.05) is 30.3 Å². The lowest BCUT2D eigenvalue weighted by atomic mass is 10.2. The van der Waals surface area contributed by atoms with Crippen LogP contribution in [0.1, 0.15) is 13.3 Å². The number of rotatable bonds is 4. The summed E-state index contributed by atoms with van der Waals surface area (Å²) >= 11 is 2.03. The highest BCUT2D eigenvalue weighted by Gasteiger charge is 2.17. The Labute approximate surface area is 112 Å². The second kappa shape index (κ2) is 6.29. The van der Waals surface area contributed by atoms with Gasteiger partial charge in [-0.3, -0.25) is 9.69 Å². The Morgan fingerprint density at radius 3 is 3.06 bits per heavy atom. The minimum absolute atomic E-state index is 0.0337. The Morgan fingerprint density at radius 1 is 1.44 bits per heavy atom. The number of hydrogen-bond acceptors (Lipinski definition) is 4. The first-order chi connectivity index (χ1) is 8.66. The van der Waals surface area contributed by atoms with Gasteiger partial charge in [0.15, 0.2) is 0 Å². The van der Waals surface area contributed by atoms with Crippen molar-refractivity contribution >= 4 is 17.4 Å². The first-order valence-corrected chi connectivity index (χ1v) is 7.60. The van der Waals surface area contributed by atoms with Gasteiger partial charge in [-0.05, 0) is 19.4 Å². The molecule has 4 nitrogen and oxygen atoms in total. The summed E-state index contributed by atoms with van der Waals surface area (Å²) < 4.78 is 1.71. The zero-order valence-electron chi connectivity index (χ0n) is 10.8. The van der Waals surface area contributed by atoms with E-state index in [9.17, 15) is 4.79 Å². The molecule has 2 heterocycles. The van der Waals surface area contributed by atoms with Crippen LogP contribution < -0.4 is 11.3 Å². The molecule has 1 aromatic rings. The van der Waals surface area contributed by atoms with Crippen LogP contribution >= 0.6 is 11.8 Å². The maximum absolute atomic E-state index is 11.6. The van der Waals surface area contributed by atoms with Crippen LogP contribution in [0.5, 0.6) is 0 Å². The normalized spacial score (nSPS) is 21.1. The Balaban J connectivity index is 1.84. The van der Waals surface area contributed by atoms with Gasteiger partial charge in [0.2, 0.25) is 0 Å². The van der Waals surface area contributed by atoms with Gasteiger partial charge in [0.05, 0.1) is 0 Å². The SMILES string of the molecule is CC1CSCCN1CCCn1cc(N)ccc1=O. The second-order valence-electron chi connectivity index (χ2n) is 4.81. The summed E-state index contributed by atoms with van der Waals surface area (Å²) in [6.45, 7) is 5.25. The monoisotopic (exact) mass is 267 g/mol. The predicted molar refractivity (Wildman–Crippen MR) is 78.1 cm³/mol. The summed E-state index contributed by atoms with van der Waals surface area (Å²) in [4.78, 5) is 14.1. The molecule has 100 valence electrons. The number of aromatic nitrogens is 1. The van der Waals surface area contributed by atoms with Gasteiger partial charge in [-0.15, -0.1) is 0 Å². The minimum Gasteiger partial charge on any atom is -0.398 e. The van der Waals surface area contributed by atoms with Crippen LogP contribution in [-0.4, -0.2) is 40.1 Å². The molecular weight excluding hydrogens is 246 g/mol. The molecule has 1 aliphatic rings. The van der Waals surface area contributed by atoms with Gasteiger partial charge in [-0.1, -0.05) is 0 Å². The maximum atomic E-state index is 11.6. The molecule has 0 bridgehead atoms. The van der Waals surface area contributed by atoms with Crippen molar-refractivity contribution in [3.8, 4) is 0 Å². The Bertz CT molecular complexity index is 446. The number of hydrogen-bond donors (Lipinski definition) is 1. The van der Waals surface area contributed by atoms with Crippen molar-refractivity contribution in [2.45, 2.75) is 25.9 Å². The van der Waals surface area contributed by atoms with Crippen LogP contribution in [0.2, 0.25) is 0 Å². The molecule has 18 heavy (non-hydrogen) atoms. The molecule has 1 fully saturated rings. The molecule has 1 aliphatic heterocycles. The van der Waals surface area contributed by atoms with E-state index < -0.39 is 0 Å². The van der Waals surface area contributed by atoms with E-state index in [0.717, 1.165) is 26.1 Å². The van der Waals surface area contributed by atoms with E-state index in [2.05, 4.69) is 11.8 Å². The van der Waals surface area contributed by atoms with Gasteiger partial charge in [0.25, 0.3) is 5.56 Å². The maximum Gasteiger partial charge on any atom is 0.250 e. The van der Waals surface area contributed by atoms with Crippen LogP contribution in [0.4, 0.5) is 5.69 Å². The van der Waals surface area contributed by atoms with E-state index in [1.165, 1.54) is 17.6 Å². The van der Waals surface area contributed by atoms with Crippen molar-refractivity contribution in [2.24, 2.45) is 0 Å². The molecule has 0 aliphatic carbocycles. The minimum atomic E-state index is 0.0337. The van der Waals surface area contributed by atoms with E-state index in [4.69, 9.17) is 5.73 Å². The largest absolute Gasteiger partial charge is 0.398 e. The molecule has 0 saturated carbocycles. The highest BCUT2D eigenvalue weighted by Crippen LogP contribution is 2.15. The molecule has 1 saturated heterocycles. The molecule has 1 aromatic heterocycles. The van der Waals surface area contributed by atoms with Crippen LogP contribution in [0.15, 0.2) is 23.1 Å². The van der Waals surface area contributed by atoms with Crippen molar-refractivity contribution < 1.29 is 0 Å². The fourth-order valence-electron chi connectivity index (χ4n) is 2.26. The van der Waals surface area contributed by atoms with Crippen molar-refractivity contribution in [3.05, 3.63) is 28.7 Å². The number of nitrogen functional groups attached to an aromatic ring is 1. The number of anilines is 1. The molecule has 2 rings (SSSR count). The van der Waals surface area contributed by atoms with Crippen LogP contribution in [-0.2, 0) is 6.54 Å². The highest BCUT2D eigenvalue weighted by molar-refractivity contribution is 7.99. The Kier molecular flexibility index (Phi) is 4.72. The van der Waals surface area contributed by atoms with E-state index in [1.807, 2.05) is 11.8 Å². The molecule has 0 amide bonds. The molecule has 0 spiro atoms. The highest BCUT2D eigenvalue weighted by atomic mass is 32.2. The number of nitrogens with zero attached hydrogens (tertiary/aromatic N) is 2. The average molecular weight is 267 g/mol. The Morgan fingerprint density at radius 2 is 2.28 bits per heavy atom. The van der Waals surface area contributed by atoms with Crippen molar-refractivity contribution in [1.29, 1.82) is 0 Å². The number of pyridine rings is 1.